The van der Waals surface area contributed by atoms with Crippen LogP contribution in [0, 0.1) is 13.8 Å². The number of nitrogens with zero attached hydrogens (tertiary/aromatic N) is 1. The third kappa shape index (κ3) is 4.68. The minimum Gasteiger partial charge on any atom is -0.872 e. The molecule has 2 heterocycles. The van der Waals surface area contributed by atoms with E-state index in [1.807, 2.05) is 14.1 Å². The Morgan fingerprint density at radius 1 is 1.14 bits per heavy atom. The van der Waals surface area contributed by atoms with Gasteiger partial charge in [-0.3, -0.25) is 9.59 Å². The maximum Gasteiger partial charge on any atom is 0.354 e. The molecule has 1 aliphatic rings. The molecule has 0 radical (unpaired) electrons. The number of aryl methyl sites for hydroxylation is 1. The Bertz CT molecular complexity index is 1210. The number of rotatable bonds is 9. The van der Waals surface area contributed by atoms with Crippen molar-refractivity contribution in [3.05, 3.63) is 51.9 Å². The van der Waals surface area contributed by atoms with Crippen LogP contribution in [0.25, 0.3) is 5.76 Å². The molecule has 194 valence electrons. The highest BCUT2D eigenvalue weighted by Crippen LogP contribution is 2.45. The van der Waals surface area contributed by atoms with Crippen molar-refractivity contribution in [2.24, 2.45) is 0 Å². The van der Waals surface area contributed by atoms with Crippen molar-refractivity contribution in [1.29, 1.82) is 0 Å². The Labute approximate surface area is 210 Å². The largest absolute Gasteiger partial charge is 0.872 e. The van der Waals surface area contributed by atoms with Crippen LogP contribution in [0.4, 0.5) is 0 Å². The number of esters is 1. The molecule has 10 nitrogen and oxygen atoms in total. The minimum atomic E-state index is -0.977. The lowest BCUT2D eigenvalue weighted by atomic mass is 9.93. The van der Waals surface area contributed by atoms with E-state index in [0.717, 1.165) is 6.54 Å². The van der Waals surface area contributed by atoms with Gasteiger partial charge in [0.25, 0.3) is 5.91 Å². The van der Waals surface area contributed by atoms with Gasteiger partial charge in [0, 0.05) is 29.8 Å². The van der Waals surface area contributed by atoms with Crippen LogP contribution in [0.2, 0.25) is 0 Å². The second-order valence-electron chi connectivity index (χ2n) is 8.98. The Morgan fingerprint density at radius 3 is 2.42 bits per heavy atom. The highest BCUT2D eigenvalue weighted by Gasteiger charge is 2.45. The van der Waals surface area contributed by atoms with E-state index >= 15 is 0 Å². The molecule has 2 aromatic rings. The number of likely N-dealkylation sites (tertiary alicyclic amines) is 1. The van der Waals surface area contributed by atoms with Crippen molar-refractivity contribution in [2.45, 2.75) is 26.3 Å². The van der Waals surface area contributed by atoms with Crippen molar-refractivity contribution < 1.29 is 38.6 Å². The molecule has 0 spiro atoms. The summed E-state index contributed by atoms with van der Waals surface area (Å²) in [5.41, 5.74) is 1.32. The first-order chi connectivity index (χ1) is 17.1. The summed E-state index contributed by atoms with van der Waals surface area (Å²) in [6.45, 7) is 4.27. The van der Waals surface area contributed by atoms with Gasteiger partial charge in [0.05, 0.1) is 48.0 Å². The molecule has 1 aromatic carbocycles. The van der Waals surface area contributed by atoms with Crippen LogP contribution in [0.15, 0.2) is 23.8 Å². The monoisotopic (exact) mass is 499 g/mol. The number of quaternary nitrogens is 1. The van der Waals surface area contributed by atoms with Gasteiger partial charge >= 0.3 is 5.97 Å². The number of amides is 1. The zero-order chi connectivity index (χ0) is 26.7. The molecule has 0 saturated carbocycles. The van der Waals surface area contributed by atoms with Crippen molar-refractivity contribution in [2.75, 3.05) is 48.5 Å². The second-order valence-corrected chi connectivity index (χ2v) is 8.98. The van der Waals surface area contributed by atoms with E-state index in [2.05, 4.69) is 4.98 Å². The Morgan fingerprint density at radius 2 is 1.83 bits per heavy atom. The number of aromatic nitrogens is 1. The molecule has 0 aliphatic carbocycles. The van der Waals surface area contributed by atoms with Gasteiger partial charge < -0.3 is 34.1 Å². The van der Waals surface area contributed by atoms with Crippen molar-refractivity contribution in [1.82, 2.24) is 9.88 Å². The van der Waals surface area contributed by atoms with Gasteiger partial charge in [-0.05, 0) is 31.0 Å². The minimum absolute atomic E-state index is 0.122. The summed E-state index contributed by atoms with van der Waals surface area (Å²) >= 11 is 0. The standard InChI is InChI=1S/C26H33N3O7/c1-14-18(15(2)27-20(14)26(33)36-7)22(30)19-21(16-10-8-11-17(34-5)24(16)35-6)29(25(32)23(19)31)13-9-12-28(3)4/h8,10-11,21,27,30H,9,12-13H2,1-7H3/b22-19+. The molecule has 0 bridgehead atoms. The number of methoxy groups -OCH3 is 3. The average molecular weight is 500 g/mol. The van der Waals surface area contributed by atoms with Gasteiger partial charge in [-0.15, -0.1) is 0 Å². The predicted molar refractivity (Wildman–Crippen MR) is 130 cm³/mol. The predicted octanol–water partition coefficient (Wildman–Crippen LogP) is 0.194. The fourth-order valence-corrected chi connectivity index (χ4v) is 4.69. The van der Waals surface area contributed by atoms with Gasteiger partial charge in [0.2, 0.25) is 5.78 Å². The van der Waals surface area contributed by atoms with Crippen molar-refractivity contribution in [3.63, 3.8) is 0 Å². The van der Waals surface area contributed by atoms with E-state index in [4.69, 9.17) is 14.2 Å². The summed E-state index contributed by atoms with van der Waals surface area (Å²) in [6, 6.07) is 4.16. The van der Waals surface area contributed by atoms with Crippen LogP contribution in [-0.2, 0) is 14.3 Å². The number of ether oxygens (including phenoxy) is 3. The number of ketones is 1. The van der Waals surface area contributed by atoms with Crippen molar-refractivity contribution >= 4 is 23.4 Å². The van der Waals surface area contributed by atoms with Gasteiger partial charge in [-0.1, -0.05) is 17.9 Å². The smallest absolute Gasteiger partial charge is 0.354 e. The van der Waals surface area contributed by atoms with Gasteiger partial charge in [-0.25, -0.2) is 4.79 Å². The lowest BCUT2D eigenvalue weighted by Gasteiger charge is -2.29. The first-order valence-corrected chi connectivity index (χ1v) is 11.6. The molecular formula is C26H33N3O7. The maximum atomic E-state index is 13.9. The number of Topliss-reactive ketones (excluding diaryl/α,β-unsaturated/α-hetero) is 1. The number of benzene rings is 1. The number of nitrogens with one attached hydrogen (secondary N) is 2. The second kappa shape index (κ2) is 10.9. The molecule has 1 aliphatic heterocycles. The molecule has 1 saturated heterocycles. The topological polar surface area (TPSA) is 125 Å². The number of hydrogen-bond acceptors (Lipinski definition) is 7. The molecule has 2 N–H and O–H groups in total. The van der Waals surface area contributed by atoms with Gasteiger partial charge in [0.1, 0.15) is 5.69 Å². The first-order valence-electron chi connectivity index (χ1n) is 11.6. The van der Waals surface area contributed by atoms with Crippen LogP contribution in [0.1, 0.15) is 45.3 Å². The lowest BCUT2D eigenvalue weighted by Crippen LogP contribution is -3.05. The van der Waals surface area contributed by atoms with Crippen molar-refractivity contribution in [3.8, 4) is 11.5 Å². The Hall–Kier alpha value is -3.79. The Kier molecular flexibility index (Phi) is 8.09. The lowest BCUT2D eigenvalue weighted by molar-refractivity contribution is -0.858. The number of H-pyrrole nitrogens is 1. The summed E-state index contributed by atoms with van der Waals surface area (Å²) in [5, 5.41) is 13.9. The fraction of sp³-hybridized carbons (Fsp3) is 0.423. The third-order valence-electron chi connectivity index (χ3n) is 6.39. The summed E-state index contributed by atoms with van der Waals surface area (Å²) < 4.78 is 15.8. The van der Waals surface area contributed by atoms with Gasteiger partial charge in [0.15, 0.2) is 11.5 Å². The average Bonchev–Trinajstić information content (AvgIpc) is 3.29. The molecule has 10 heteroatoms. The number of para-hydroxylation sites is 1. The van der Waals surface area contributed by atoms with Crippen LogP contribution >= 0.6 is 0 Å². The Balaban J connectivity index is 2.27. The number of carbonyl (C=O) groups excluding carboxylic acids is 3. The van der Waals surface area contributed by atoms with Gasteiger partial charge in [-0.2, -0.15) is 0 Å². The summed E-state index contributed by atoms with van der Waals surface area (Å²) in [7, 11) is 8.19. The van der Waals surface area contributed by atoms with E-state index < -0.39 is 29.5 Å². The molecular weight excluding hydrogens is 466 g/mol. The number of carbonyl (C=O) groups is 3. The van der Waals surface area contributed by atoms with E-state index in [1.165, 1.54) is 31.1 Å². The fourth-order valence-electron chi connectivity index (χ4n) is 4.69. The molecule has 1 amide bonds. The SMILES string of the molecule is COC(=O)c1[nH]c(C)c(/C([O-])=C2\C(=O)C(=O)N(CCC[NH+](C)C)C2c2cccc(OC)c2OC)c1C. The third-order valence-corrected chi connectivity index (χ3v) is 6.39. The molecule has 1 fully saturated rings. The molecule has 3 rings (SSSR count). The number of aromatic amines is 1. The number of hydrogen-bond donors (Lipinski definition) is 2. The molecule has 36 heavy (non-hydrogen) atoms. The molecule has 1 unspecified atom stereocenters. The normalized spacial score (nSPS) is 17.1. The molecule has 1 atom stereocenters. The van der Waals surface area contributed by atoms with Crippen LogP contribution in [0.5, 0.6) is 11.5 Å². The van der Waals surface area contributed by atoms with E-state index in [0.29, 0.717) is 34.7 Å². The van der Waals surface area contributed by atoms with E-state index in [1.54, 1.807) is 32.0 Å². The first kappa shape index (κ1) is 26.8. The van der Waals surface area contributed by atoms with Crippen LogP contribution in [-0.4, -0.2) is 76.1 Å². The summed E-state index contributed by atoms with van der Waals surface area (Å²) in [4.78, 5) is 44.3. The highest BCUT2D eigenvalue weighted by atomic mass is 16.5. The zero-order valence-corrected chi connectivity index (χ0v) is 21.7. The maximum absolute atomic E-state index is 13.9. The van der Waals surface area contributed by atoms with E-state index in [9.17, 15) is 19.5 Å². The van der Waals surface area contributed by atoms with Crippen LogP contribution in [0.3, 0.4) is 0 Å². The quantitative estimate of drug-likeness (QED) is 0.218. The summed E-state index contributed by atoms with van der Waals surface area (Å²) in [5.74, 6) is -2.13. The molecule has 1 aromatic heterocycles. The van der Waals surface area contributed by atoms with E-state index in [-0.39, 0.29) is 23.4 Å². The zero-order valence-electron chi connectivity index (χ0n) is 21.7. The highest BCUT2D eigenvalue weighted by molar-refractivity contribution is 6.46. The van der Waals surface area contributed by atoms with Crippen LogP contribution < -0.4 is 19.5 Å². The summed E-state index contributed by atoms with van der Waals surface area (Å²) in [6.07, 6.45) is 0.625.